The Morgan fingerprint density at radius 1 is 0.882 bits per heavy atom. The first-order valence-corrected chi connectivity index (χ1v) is 5.62. The quantitative estimate of drug-likeness (QED) is 0.634. The van der Waals surface area contributed by atoms with Crippen molar-refractivity contribution >= 4 is 5.65 Å². The van der Waals surface area contributed by atoms with Crippen molar-refractivity contribution in [1.29, 1.82) is 0 Å². The van der Waals surface area contributed by atoms with Gasteiger partial charge in [-0.15, -0.1) is 5.10 Å². The van der Waals surface area contributed by atoms with Gasteiger partial charge < -0.3 is 0 Å². The highest BCUT2D eigenvalue weighted by Crippen LogP contribution is 2.17. The van der Waals surface area contributed by atoms with Gasteiger partial charge >= 0.3 is 0 Å². The fraction of sp³-hybridized carbons (Fsp3) is 0.143. The van der Waals surface area contributed by atoms with Gasteiger partial charge in [-0.2, -0.15) is 0 Å². The first kappa shape index (κ1) is 10.0. The molecular formula is C14H13N3. The first-order valence-electron chi connectivity index (χ1n) is 5.62. The number of nitrogens with zero attached hydrogens (tertiary/aromatic N) is 3. The standard InChI is InChI=1S/C14H13N3/c1-10-3-6-12(7-4-10)14-15-13-8-5-11(2)9-17(13)16-14/h3-9H,1-2H3. The molecule has 0 aliphatic rings. The van der Waals surface area contributed by atoms with Gasteiger partial charge in [0.05, 0.1) is 0 Å². The molecule has 3 rings (SSSR count). The van der Waals surface area contributed by atoms with Crippen LogP contribution in [0.4, 0.5) is 0 Å². The van der Waals surface area contributed by atoms with E-state index in [1.54, 1.807) is 0 Å². The Morgan fingerprint density at radius 2 is 1.59 bits per heavy atom. The molecule has 0 N–H and O–H groups in total. The minimum atomic E-state index is 0.774. The van der Waals surface area contributed by atoms with Crippen molar-refractivity contribution in [2.75, 3.05) is 0 Å². The average Bonchev–Trinajstić information content (AvgIpc) is 2.72. The lowest BCUT2D eigenvalue weighted by Gasteiger charge is -1.95. The van der Waals surface area contributed by atoms with Gasteiger partial charge in [0.25, 0.3) is 0 Å². The topological polar surface area (TPSA) is 30.2 Å². The number of benzene rings is 1. The van der Waals surface area contributed by atoms with Gasteiger partial charge in [0.1, 0.15) is 0 Å². The lowest BCUT2D eigenvalue weighted by molar-refractivity contribution is 0.956. The summed E-state index contributed by atoms with van der Waals surface area (Å²) in [4.78, 5) is 4.51. The Bertz CT molecular complexity index is 666. The summed E-state index contributed by atoms with van der Waals surface area (Å²) in [5.41, 5.74) is 4.36. The van der Waals surface area contributed by atoms with E-state index in [4.69, 9.17) is 0 Å². The summed E-state index contributed by atoms with van der Waals surface area (Å²) in [6.07, 6.45) is 1.99. The van der Waals surface area contributed by atoms with Crippen LogP contribution >= 0.6 is 0 Å². The molecule has 84 valence electrons. The molecule has 3 nitrogen and oxygen atoms in total. The lowest BCUT2D eigenvalue weighted by atomic mass is 10.1. The van der Waals surface area contributed by atoms with Gasteiger partial charge in [-0.3, -0.25) is 0 Å². The normalized spacial score (nSPS) is 10.9. The summed E-state index contributed by atoms with van der Waals surface area (Å²) < 4.78 is 1.82. The first-order chi connectivity index (χ1) is 8.22. The largest absolute Gasteiger partial charge is 0.220 e. The second-order valence-corrected chi connectivity index (χ2v) is 4.31. The summed E-state index contributed by atoms with van der Waals surface area (Å²) in [6.45, 7) is 4.12. The zero-order valence-corrected chi connectivity index (χ0v) is 9.88. The van der Waals surface area contributed by atoms with Crippen molar-refractivity contribution in [2.45, 2.75) is 13.8 Å². The van der Waals surface area contributed by atoms with E-state index >= 15 is 0 Å². The number of aryl methyl sites for hydroxylation is 2. The van der Waals surface area contributed by atoms with Gasteiger partial charge in [-0.05, 0) is 25.5 Å². The average molecular weight is 223 g/mol. The van der Waals surface area contributed by atoms with E-state index in [1.807, 2.05) is 29.8 Å². The number of hydrogen-bond donors (Lipinski definition) is 0. The number of pyridine rings is 1. The summed E-state index contributed by atoms with van der Waals surface area (Å²) in [7, 11) is 0. The predicted molar refractivity (Wildman–Crippen MR) is 67.9 cm³/mol. The molecule has 0 amide bonds. The minimum Gasteiger partial charge on any atom is -0.220 e. The van der Waals surface area contributed by atoms with Crippen molar-refractivity contribution in [2.24, 2.45) is 0 Å². The van der Waals surface area contributed by atoms with Crippen molar-refractivity contribution in [3.8, 4) is 11.4 Å². The summed E-state index contributed by atoms with van der Waals surface area (Å²) in [5.74, 6) is 0.774. The van der Waals surface area contributed by atoms with Crippen LogP contribution in [-0.4, -0.2) is 14.6 Å². The molecule has 0 radical (unpaired) electrons. The third kappa shape index (κ3) is 1.80. The van der Waals surface area contributed by atoms with Crippen molar-refractivity contribution in [3.05, 3.63) is 53.7 Å². The molecule has 0 aliphatic carbocycles. The Kier molecular flexibility index (Phi) is 2.18. The molecule has 0 atom stereocenters. The molecule has 1 aromatic carbocycles. The highest BCUT2D eigenvalue weighted by atomic mass is 15.3. The minimum absolute atomic E-state index is 0.774. The Hall–Kier alpha value is -2.16. The molecule has 0 saturated carbocycles. The smallest absolute Gasteiger partial charge is 0.182 e. The van der Waals surface area contributed by atoms with E-state index in [-0.39, 0.29) is 0 Å². The van der Waals surface area contributed by atoms with Crippen LogP contribution < -0.4 is 0 Å². The van der Waals surface area contributed by atoms with Crippen LogP contribution in [0.25, 0.3) is 17.0 Å². The molecule has 0 saturated heterocycles. The molecule has 0 unspecified atom stereocenters. The number of aromatic nitrogens is 3. The van der Waals surface area contributed by atoms with Crippen molar-refractivity contribution in [3.63, 3.8) is 0 Å². The van der Waals surface area contributed by atoms with E-state index in [1.165, 1.54) is 11.1 Å². The molecule has 3 heteroatoms. The van der Waals surface area contributed by atoms with E-state index in [9.17, 15) is 0 Å². The monoisotopic (exact) mass is 223 g/mol. The van der Waals surface area contributed by atoms with E-state index < -0.39 is 0 Å². The maximum Gasteiger partial charge on any atom is 0.182 e. The summed E-state index contributed by atoms with van der Waals surface area (Å²) in [6, 6.07) is 12.3. The van der Waals surface area contributed by atoms with Gasteiger partial charge in [0.2, 0.25) is 0 Å². The van der Waals surface area contributed by atoms with Crippen molar-refractivity contribution in [1.82, 2.24) is 14.6 Å². The fourth-order valence-electron chi connectivity index (χ4n) is 1.81. The predicted octanol–water partition coefficient (Wildman–Crippen LogP) is 3.01. The molecular weight excluding hydrogens is 210 g/mol. The van der Waals surface area contributed by atoms with E-state index in [2.05, 4.69) is 41.3 Å². The zero-order chi connectivity index (χ0) is 11.8. The van der Waals surface area contributed by atoms with E-state index in [0.29, 0.717) is 0 Å². The van der Waals surface area contributed by atoms with Gasteiger partial charge in [-0.1, -0.05) is 35.9 Å². The fourth-order valence-corrected chi connectivity index (χ4v) is 1.81. The van der Waals surface area contributed by atoms with Crippen LogP contribution in [-0.2, 0) is 0 Å². The molecule has 0 bridgehead atoms. The summed E-state index contributed by atoms with van der Waals surface area (Å²) >= 11 is 0. The molecule has 17 heavy (non-hydrogen) atoms. The molecule has 0 aliphatic heterocycles. The van der Waals surface area contributed by atoms with Crippen LogP contribution in [0.5, 0.6) is 0 Å². The number of fused-ring (bicyclic) bond motifs is 1. The van der Waals surface area contributed by atoms with Crippen LogP contribution in [0.1, 0.15) is 11.1 Å². The highest BCUT2D eigenvalue weighted by molar-refractivity contribution is 5.58. The maximum atomic E-state index is 4.51. The zero-order valence-electron chi connectivity index (χ0n) is 9.88. The molecule has 2 heterocycles. The highest BCUT2D eigenvalue weighted by Gasteiger charge is 2.05. The van der Waals surface area contributed by atoms with Crippen LogP contribution in [0.3, 0.4) is 0 Å². The lowest BCUT2D eigenvalue weighted by Crippen LogP contribution is -1.87. The third-order valence-corrected chi connectivity index (χ3v) is 2.79. The van der Waals surface area contributed by atoms with Gasteiger partial charge in [0, 0.05) is 11.8 Å². The number of hydrogen-bond acceptors (Lipinski definition) is 2. The molecule has 3 aromatic rings. The molecule has 0 spiro atoms. The summed E-state index contributed by atoms with van der Waals surface area (Å²) in [5, 5.41) is 4.48. The maximum absolute atomic E-state index is 4.51. The SMILES string of the molecule is Cc1ccc(-c2nc3ccc(C)cn3n2)cc1. The van der Waals surface area contributed by atoms with E-state index in [0.717, 1.165) is 17.0 Å². The Balaban J connectivity index is 2.14. The second kappa shape index (κ2) is 3.70. The van der Waals surface area contributed by atoms with Crippen LogP contribution in [0.15, 0.2) is 42.6 Å². The Labute approximate surface area is 99.7 Å². The van der Waals surface area contributed by atoms with Gasteiger partial charge in [-0.25, -0.2) is 9.50 Å². The van der Waals surface area contributed by atoms with Crippen molar-refractivity contribution < 1.29 is 0 Å². The number of rotatable bonds is 1. The van der Waals surface area contributed by atoms with Crippen LogP contribution in [0.2, 0.25) is 0 Å². The second-order valence-electron chi connectivity index (χ2n) is 4.31. The molecule has 2 aromatic heterocycles. The Morgan fingerprint density at radius 3 is 2.35 bits per heavy atom. The van der Waals surface area contributed by atoms with Crippen LogP contribution in [0, 0.1) is 13.8 Å². The molecule has 0 fully saturated rings. The third-order valence-electron chi connectivity index (χ3n) is 2.79. The van der Waals surface area contributed by atoms with Gasteiger partial charge in [0.15, 0.2) is 11.5 Å².